The quantitative estimate of drug-likeness (QED) is 0.565. The maximum Gasteiger partial charge on any atom is 0.339 e. The third-order valence-corrected chi connectivity index (χ3v) is 5.85. The Bertz CT molecular complexity index is 1130. The smallest absolute Gasteiger partial charge is 0.339 e. The Labute approximate surface area is 170 Å². The van der Waals surface area contributed by atoms with Crippen LogP contribution in [0.15, 0.2) is 63.9 Å². The van der Waals surface area contributed by atoms with Crippen molar-refractivity contribution < 1.29 is 21.8 Å². The summed E-state index contributed by atoms with van der Waals surface area (Å²) in [6, 6.07) is 14.9. The van der Waals surface area contributed by atoms with Crippen LogP contribution >= 0.6 is 0 Å². The van der Waals surface area contributed by atoms with Crippen LogP contribution in [0.2, 0.25) is 0 Å². The number of furan rings is 1. The van der Waals surface area contributed by atoms with E-state index in [9.17, 15) is 13.2 Å². The summed E-state index contributed by atoms with van der Waals surface area (Å²) in [5, 5.41) is 0. The van der Waals surface area contributed by atoms with Gasteiger partial charge in [0, 0.05) is 12.6 Å². The van der Waals surface area contributed by atoms with Crippen molar-refractivity contribution >= 4 is 16.0 Å². The summed E-state index contributed by atoms with van der Waals surface area (Å²) in [4.78, 5) is 14.2. The first-order valence-electron chi connectivity index (χ1n) is 9.08. The Morgan fingerprint density at radius 2 is 1.69 bits per heavy atom. The van der Waals surface area contributed by atoms with Gasteiger partial charge in [0.15, 0.2) is 0 Å². The summed E-state index contributed by atoms with van der Waals surface area (Å²) in [6.07, 6.45) is 0. The molecule has 0 N–H and O–H groups in total. The highest BCUT2D eigenvalue weighted by atomic mass is 32.2. The molecule has 7 heteroatoms. The van der Waals surface area contributed by atoms with Gasteiger partial charge in [-0.2, -0.15) is 8.42 Å². The topological polar surface area (TPSA) is 76.8 Å². The van der Waals surface area contributed by atoms with E-state index in [4.69, 9.17) is 8.60 Å². The highest BCUT2D eigenvalue weighted by molar-refractivity contribution is 7.87. The lowest BCUT2D eigenvalue weighted by Crippen LogP contribution is -2.25. The lowest BCUT2D eigenvalue weighted by atomic mass is 10.2. The molecule has 0 aliphatic heterocycles. The number of hydrogen-bond acceptors (Lipinski definition) is 5. The molecule has 0 aliphatic rings. The molecule has 1 aromatic heterocycles. The number of nitrogens with zero attached hydrogens (tertiary/aromatic N) is 1. The number of carbonyl (C=O) groups excluding carboxylic acids is 1. The van der Waals surface area contributed by atoms with E-state index < -0.39 is 10.1 Å². The van der Waals surface area contributed by atoms with Crippen molar-refractivity contribution in [3.05, 3.63) is 82.8 Å². The molecule has 2 aromatic carbocycles. The van der Waals surface area contributed by atoms with E-state index in [1.807, 2.05) is 32.0 Å². The standard InChI is InChI=1S/C22H23NO5S/c1-15-5-6-16(2)21(13-15)29(25,26)28-19-11-8-18(9-12-19)22(24)23(4)14-20-10-7-17(3)27-20/h5-13H,14H2,1-4H3. The molecule has 0 aliphatic carbocycles. The van der Waals surface area contributed by atoms with E-state index in [0.29, 0.717) is 23.4 Å². The predicted octanol–water partition coefficient (Wildman–Crippen LogP) is 4.24. The van der Waals surface area contributed by atoms with Gasteiger partial charge >= 0.3 is 10.1 Å². The molecule has 1 amide bonds. The molecule has 0 radical (unpaired) electrons. The van der Waals surface area contributed by atoms with Gasteiger partial charge in [-0.1, -0.05) is 12.1 Å². The second kappa shape index (κ2) is 8.13. The number of amides is 1. The van der Waals surface area contributed by atoms with Crippen LogP contribution in [-0.4, -0.2) is 26.3 Å². The van der Waals surface area contributed by atoms with Crippen LogP contribution in [0.25, 0.3) is 0 Å². The highest BCUT2D eigenvalue weighted by Gasteiger charge is 2.20. The van der Waals surface area contributed by atoms with Gasteiger partial charge < -0.3 is 13.5 Å². The van der Waals surface area contributed by atoms with Crippen molar-refractivity contribution in [2.75, 3.05) is 7.05 Å². The van der Waals surface area contributed by atoms with Crippen LogP contribution in [0, 0.1) is 20.8 Å². The van der Waals surface area contributed by atoms with Crippen molar-refractivity contribution in [2.24, 2.45) is 0 Å². The van der Waals surface area contributed by atoms with Crippen molar-refractivity contribution in [3.8, 4) is 5.75 Å². The van der Waals surface area contributed by atoms with E-state index in [2.05, 4.69) is 0 Å². The zero-order valence-electron chi connectivity index (χ0n) is 16.8. The first-order chi connectivity index (χ1) is 13.7. The molecule has 0 atom stereocenters. The van der Waals surface area contributed by atoms with E-state index in [1.54, 1.807) is 38.2 Å². The van der Waals surface area contributed by atoms with Gasteiger partial charge in [0.25, 0.3) is 5.91 Å². The average molecular weight is 413 g/mol. The summed E-state index contributed by atoms with van der Waals surface area (Å²) in [5.74, 6) is 1.42. The zero-order valence-corrected chi connectivity index (χ0v) is 17.6. The van der Waals surface area contributed by atoms with Crippen molar-refractivity contribution in [2.45, 2.75) is 32.2 Å². The fourth-order valence-corrected chi connectivity index (χ4v) is 4.14. The second-order valence-electron chi connectivity index (χ2n) is 7.00. The maximum atomic E-state index is 12.6. The fourth-order valence-electron chi connectivity index (χ4n) is 2.90. The minimum atomic E-state index is -3.96. The van der Waals surface area contributed by atoms with Crippen molar-refractivity contribution in [1.82, 2.24) is 4.90 Å². The predicted molar refractivity (Wildman–Crippen MR) is 109 cm³/mol. The molecule has 0 bridgehead atoms. The Morgan fingerprint density at radius 1 is 1.00 bits per heavy atom. The molecule has 152 valence electrons. The minimum Gasteiger partial charge on any atom is -0.464 e. The molecular weight excluding hydrogens is 390 g/mol. The Kier molecular flexibility index (Phi) is 5.79. The molecule has 0 saturated heterocycles. The second-order valence-corrected chi connectivity index (χ2v) is 8.52. The van der Waals surface area contributed by atoms with Gasteiger partial charge in [0.2, 0.25) is 0 Å². The van der Waals surface area contributed by atoms with E-state index in [0.717, 1.165) is 11.3 Å². The number of rotatable bonds is 6. The summed E-state index contributed by atoms with van der Waals surface area (Å²) in [5.41, 5.74) is 1.86. The Morgan fingerprint density at radius 3 is 2.31 bits per heavy atom. The Balaban J connectivity index is 1.72. The van der Waals surface area contributed by atoms with Gasteiger partial charge in [0.1, 0.15) is 22.2 Å². The van der Waals surface area contributed by atoms with Gasteiger partial charge in [0.05, 0.1) is 6.54 Å². The average Bonchev–Trinajstić information content (AvgIpc) is 3.08. The molecule has 0 saturated carbocycles. The molecule has 6 nitrogen and oxygen atoms in total. The first-order valence-corrected chi connectivity index (χ1v) is 10.5. The Hall–Kier alpha value is -3.06. The van der Waals surface area contributed by atoms with Crippen LogP contribution in [0.4, 0.5) is 0 Å². The number of aryl methyl sites for hydroxylation is 3. The monoisotopic (exact) mass is 413 g/mol. The minimum absolute atomic E-state index is 0.131. The number of benzene rings is 2. The molecule has 0 spiro atoms. The summed E-state index contributed by atoms with van der Waals surface area (Å²) < 4.78 is 35.9. The third kappa shape index (κ3) is 4.86. The summed E-state index contributed by atoms with van der Waals surface area (Å²) in [6.45, 7) is 5.72. The lowest BCUT2D eigenvalue weighted by molar-refractivity contribution is 0.0775. The molecular formula is C22H23NO5S. The maximum absolute atomic E-state index is 12.6. The van der Waals surface area contributed by atoms with Crippen molar-refractivity contribution in [1.29, 1.82) is 0 Å². The number of hydrogen-bond donors (Lipinski definition) is 0. The molecule has 3 aromatic rings. The normalized spacial score (nSPS) is 11.3. The summed E-state index contributed by atoms with van der Waals surface area (Å²) in [7, 11) is -2.29. The fraction of sp³-hybridized carbons (Fsp3) is 0.227. The number of carbonyl (C=O) groups is 1. The zero-order chi connectivity index (χ0) is 21.2. The van der Waals surface area contributed by atoms with Crippen molar-refractivity contribution in [3.63, 3.8) is 0 Å². The molecule has 1 heterocycles. The molecule has 0 fully saturated rings. The molecule has 0 unspecified atom stereocenters. The first kappa shape index (κ1) is 20.7. The van der Waals surface area contributed by atoms with Crippen LogP contribution in [0.1, 0.15) is 33.0 Å². The van der Waals surface area contributed by atoms with Crippen LogP contribution in [0.3, 0.4) is 0 Å². The van der Waals surface area contributed by atoms with Gasteiger partial charge in [-0.25, -0.2) is 0 Å². The third-order valence-electron chi connectivity index (χ3n) is 4.46. The van der Waals surface area contributed by atoms with Gasteiger partial charge in [-0.3, -0.25) is 4.79 Å². The lowest BCUT2D eigenvalue weighted by Gasteiger charge is -2.16. The van der Waals surface area contributed by atoms with Crippen LogP contribution in [-0.2, 0) is 16.7 Å². The highest BCUT2D eigenvalue weighted by Crippen LogP contribution is 2.23. The molecule has 29 heavy (non-hydrogen) atoms. The van der Waals surface area contributed by atoms with E-state index in [-0.39, 0.29) is 16.6 Å². The van der Waals surface area contributed by atoms with Crippen LogP contribution in [0.5, 0.6) is 5.75 Å². The molecule has 3 rings (SSSR count). The van der Waals surface area contributed by atoms with Gasteiger partial charge in [-0.15, -0.1) is 0 Å². The summed E-state index contributed by atoms with van der Waals surface area (Å²) >= 11 is 0. The SMILES string of the molecule is Cc1ccc(C)c(S(=O)(=O)Oc2ccc(C(=O)N(C)Cc3ccc(C)o3)cc2)c1. The van der Waals surface area contributed by atoms with E-state index in [1.165, 1.54) is 17.0 Å². The van der Waals surface area contributed by atoms with E-state index >= 15 is 0 Å². The largest absolute Gasteiger partial charge is 0.464 e. The van der Waals surface area contributed by atoms with Crippen LogP contribution < -0.4 is 4.18 Å². The van der Waals surface area contributed by atoms with Gasteiger partial charge in [-0.05, 0) is 74.4 Å².